The number of aromatic nitrogens is 1. The molecule has 1 heterocycles. The van der Waals surface area contributed by atoms with Crippen molar-refractivity contribution in [2.45, 2.75) is 26.8 Å². The van der Waals surface area contributed by atoms with Gasteiger partial charge in [0.15, 0.2) is 0 Å². The van der Waals surface area contributed by atoms with Gasteiger partial charge in [-0.1, -0.05) is 29.8 Å². The molecule has 0 saturated heterocycles. The van der Waals surface area contributed by atoms with Gasteiger partial charge in [-0.2, -0.15) is 0 Å². The van der Waals surface area contributed by atoms with Crippen molar-refractivity contribution in [3.63, 3.8) is 0 Å². The molecule has 22 heavy (non-hydrogen) atoms. The molecule has 0 saturated carbocycles. The Balaban J connectivity index is 1.82. The second kappa shape index (κ2) is 8.17. The highest BCUT2D eigenvalue weighted by atomic mass is 16.2. The number of pyridine rings is 1. The van der Waals surface area contributed by atoms with Crippen LogP contribution in [0.3, 0.4) is 0 Å². The van der Waals surface area contributed by atoms with Crippen LogP contribution in [0.5, 0.6) is 0 Å². The summed E-state index contributed by atoms with van der Waals surface area (Å²) in [6, 6.07) is 12.2. The fourth-order valence-electron chi connectivity index (χ4n) is 2.21. The minimum Gasteiger partial charge on any atom is -0.334 e. The molecule has 4 heteroatoms. The van der Waals surface area contributed by atoms with Gasteiger partial charge in [0.25, 0.3) is 0 Å². The Kier molecular flexibility index (Phi) is 5.95. The summed E-state index contributed by atoms with van der Waals surface area (Å²) < 4.78 is 0. The number of carbonyl (C=O) groups excluding carboxylic acids is 1. The molecule has 4 nitrogen and oxygen atoms in total. The molecule has 1 N–H and O–H groups in total. The highest BCUT2D eigenvalue weighted by Crippen LogP contribution is 2.04. The predicted octanol–water partition coefficient (Wildman–Crippen LogP) is 3.16. The zero-order valence-electron chi connectivity index (χ0n) is 13.2. The highest BCUT2D eigenvalue weighted by Gasteiger charge is 2.10. The van der Waals surface area contributed by atoms with E-state index in [1.807, 2.05) is 36.1 Å². The first-order chi connectivity index (χ1) is 10.7. The number of nitrogens with one attached hydrogen (secondary N) is 1. The summed E-state index contributed by atoms with van der Waals surface area (Å²) in [5.74, 6) is 0. The monoisotopic (exact) mass is 297 g/mol. The number of aryl methyl sites for hydroxylation is 1. The van der Waals surface area contributed by atoms with Gasteiger partial charge in [-0.05, 0) is 43.5 Å². The van der Waals surface area contributed by atoms with Gasteiger partial charge < -0.3 is 10.2 Å². The van der Waals surface area contributed by atoms with Gasteiger partial charge in [0.1, 0.15) is 0 Å². The molecule has 0 unspecified atom stereocenters. The zero-order chi connectivity index (χ0) is 15.8. The third-order valence-electron chi connectivity index (χ3n) is 3.65. The molecule has 0 aliphatic carbocycles. The molecule has 0 bridgehead atoms. The number of rotatable bonds is 6. The lowest BCUT2D eigenvalue weighted by molar-refractivity contribution is 0.200. The lowest BCUT2D eigenvalue weighted by Gasteiger charge is -2.21. The number of carbonyl (C=O) groups is 1. The number of hydrogen-bond donors (Lipinski definition) is 1. The first-order valence-electron chi connectivity index (χ1n) is 7.66. The Morgan fingerprint density at radius 3 is 2.41 bits per heavy atom. The molecule has 1 aromatic heterocycles. The maximum Gasteiger partial charge on any atom is 0.317 e. The largest absolute Gasteiger partial charge is 0.334 e. The fraction of sp³-hybridized carbons (Fsp3) is 0.333. The van der Waals surface area contributed by atoms with Crippen molar-refractivity contribution in [1.82, 2.24) is 15.2 Å². The lowest BCUT2D eigenvalue weighted by Crippen LogP contribution is -2.40. The first-order valence-corrected chi connectivity index (χ1v) is 7.66. The van der Waals surface area contributed by atoms with E-state index in [0.29, 0.717) is 19.6 Å². The van der Waals surface area contributed by atoms with Crippen LogP contribution in [0, 0.1) is 6.92 Å². The van der Waals surface area contributed by atoms with Crippen molar-refractivity contribution >= 4 is 6.03 Å². The van der Waals surface area contributed by atoms with E-state index < -0.39 is 0 Å². The van der Waals surface area contributed by atoms with E-state index in [0.717, 1.165) is 12.0 Å². The van der Waals surface area contributed by atoms with E-state index >= 15 is 0 Å². The maximum atomic E-state index is 12.2. The highest BCUT2D eigenvalue weighted by molar-refractivity contribution is 5.74. The predicted molar refractivity (Wildman–Crippen MR) is 88.6 cm³/mol. The average molecular weight is 297 g/mol. The Labute approximate surface area is 132 Å². The fourth-order valence-corrected chi connectivity index (χ4v) is 2.21. The number of amides is 2. The summed E-state index contributed by atoms with van der Waals surface area (Å²) in [5, 5.41) is 2.98. The van der Waals surface area contributed by atoms with Crippen LogP contribution in [-0.4, -0.2) is 29.0 Å². The number of benzene rings is 1. The second-order valence-corrected chi connectivity index (χ2v) is 5.33. The van der Waals surface area contributed by atoms with Crippen molar-refractivity contribution in [2.75, 3.05) is 13.1 Å². The Morgan fingerprint density at radius 1 is 1.09 bits per heavy atom. The van der Waals surface area contributed by atoms with Crippen LogP contribution in [0.1, 0.15) is 23.6 Å². The number of likely N-dealkylation sites (N-methyl/N-ethyl adjacent to an activating group) is 1. The van der Waals surface area contributed by atoms with Crippen molar-refractivity contribution in [3.8, 4) is 0 Å². The van der Waals surface area contributed by atoms with E-state index in [2.05, 4.69) is 29.4 Å². The topological polar surface area (TPSA) is 45.2 Å². The number of hydrogen-bond acceptors (Lipinski definition) is 2. The van der Waals surface area contributed by atoms with Crippen molar-refractivity contribution in [3.05, 3.63) is 65.5 Å². The van der Waals surface area contributed by atoms with E-state index in [1.54, 1.807) is 12.4 Å². The van der Waals surface area contributed by atoms with Gasteiger partial charge in [-0.3, -0.25) is 4.98 Å². The molecule has 0 atom stereocenters. The molecule has 0 spiro atoms. The normalized spacial score (nSPS) is 10.3. The summed E-state index contributed by atoms with van der Waals surface area (Å²) in [5.41, 5.74) is 3.53. The molecule has 0 aliphatic heterocycles. The molecule has 2 rings (SSSR count). The molecule has 2 aromatic rings. The summed E-state index contributed by atoms with van der Waals surface area (Å²) in [4.78, 5) is 18.1. The third-order valence-corrected chi connectivity index (χ3v) is 3.65. The SMILES string of the molecule is CCN(CCc1ccncc1)C(=O)NCc1ccc(C)cc1. The summed E-state index contributed by atoms with van der Waals surface area (Å²) in [7, 11) is 0. The van der Waals surface area contributed by atoms with Crippen molar-refractivity contribution in [2.24, 2.45) is 0 Å². The molecular formula is C18H23N3O. The molecule has 0 radical (unpaired) electrons. The maximum absolute atomic E-state index is 12.2. The molecule has 0 aliphatic rings. The minimum atomic E-state index is -0.0165. The van der Waals surface area contributed by atoms with Crippen LogP contribution in [0.4, 0.5) is 4.79 Å². The summed E-state index contributed by atoms with van der Waals surface area (Å²) in [6.45, 7) is 6.02. The standard InChI is InChI=1S/C18H23N3O/c1-3-21(13-10-16-8-11-19-12-9-16)18(22)20-14-17-6-4-15(2)5-7-17/h4-9,11-12H,3,10,13-14H2,1-2H3,(H,20,22). The van der Waals surface area contributed by atoms with Gasteiger partial charge >= 0.3 is 6.03 Å². The Hall–Kier alpha value is -2.36. The second-order valence-electron chi connectivity index (χ2n) is 5.33. The van der Waals surface area contributed by atoms with Crippen molar-refractivity contribution in [1.29, 1.82) is 0 Å². The van der Waals surface area contributed by atoms with Gasteiger partial charge in [-0.15, -0.1) is 0 Å². The smallest absolute Gasteiger partial charge is 0.317 e. The molecule has 1 aromatic carbocycles. The molecule has 116 valence electrons. The van der Waals surface area contributed by atoms with Crippen molar-refractivity contribution < 1.29 is 4.79 Å². The van der Waals surface area contributed by atoms with E-state index in [9.17, 15) is 4.79 Å². The Morgan fingerprint density at radius 2 is 1.77 bits per heavy atom. The van der Waals surface area contributed by atoms with E-state index in [1.165, 1.54) is 11.1 Å². The molecule has 0 fully saturated rings. The van der Waals surface area contributed by atoms with Crippen LogP contribution < -0.4 is 5.32 Å². The van der Waals surface area contributed by atoms with Gasteiger partial charge in [0, 0.05) is 32.0 Å². The lowest BCUT2D eigenvalue weighted by atomic mass is 10.1. The number of urea groups is 1. The quantitative estimate of drug-likeness (QED) is 0.890. The average Bonchev–Trinajstić information content (AvgIpc) is 2.56. The molecular weight excluding hydrogens is 274 g/mol. The summed E-state index contributed by atoms with van der Waals surface area (Å²) in [6.07, 6.45) is 4.40. The van der Waals surface area contributed by atoms with Gasteiger partial charge in [0.05, 0.1) is 0 Å². The van der Waals surface area contributed by atoms with Crippen LogP contribution in [0.15, 0.2) is 48.8 Å². The number of nitrogens with zero attached hydrogens (tertiary/aromatic N) is 2. The minimum absolute atomic E-state index is 0.0165. The summed E-state index contributed by atoms with van der Waals surface area (Å²) >= 11 is 0. The van der Waals surface area contributed by atoms with Gasteiger partial charge in [-0.25, -0.2) is 4.79 Å². The Bertz CT molecular complexity index is 581. The van der Waals surface area contributed by atoms with E-state index in [4.69, 9.17) is 0 Å². The van der Waals surface area contributed by atoms with Crippen LogP contribution in [-0.2, 0) is 13.0 Å². The third kappa shape index (κ3) is 4.88. The van der Waals surface area contributed by atoms with Crippen LogP contribution >= 0.6 is 0 Å². The zero-order valence-corrected chi connectivity index (χ0v) is 13.2. The van der Waals surface area contributed by atoms with Crippen LogP contribution in [0.25, 0.3) is 0 Å². The van der Waals surface area contributed by atoms with Gasteiger partial charge in [0.2, 0.25) is 0 Å². The van der Waals surface area contributed by atoms with E-state index in [-0.39, 0.29) is 6.03 Å². The first kappa shape index (κ1) is 16.0. The molecule has 2 amide bonds. The van der Waals surface area contributed by atoms with Crippen LogP contribution in [0.2, 0.25) is 0 Å².